The lowest BCUT2D eigenvalue weighted by Crippen LogP contribution is -2.35. The third kappa shape index (κ3) is 2.83. The first kappa shape index (κ1) is 18.6. The van der Waals surface area contributed by atoms with Gasteiger partial charge in [0.15, 0.2) is 11.5 Å². The first-order valence-corrected chi connectivity index (χ1v) is 9.26. The number of hydrogen-bond donors (Lipinski definition) is 1. The summed E-state index contributed by atoms with van der Waals surface area (Å²) in [5.74, 6) is 1.78. The molecule has 0 spiro atoms. The Labute approximate surface area is 176 Å². The van der Waals surface area contributed by atoms with Crippen LogP contribution < -0.4 is 9.47 Å². The van der Waals surface area contributed by atoms with Crippen LogP contribution in [0, 0.1) is 0 Å². The first-order chi connectivity index (χ1) is 12.7. The molecule has 0 saturated carbocycles. The van der Waals surface area contributed by atoms with Gasteiger partial charge in [0.2, 0.25) is 0 Å². The Morgan fingerprint density at radius 1 is 0.926 bits per heavy atom. The Bertz CT molecular complexity index is 1030. The monoisotopic (exact) mass is 477 g/mol. The Morgan fingerprint density at radius 3 is 2.37 bits per heavy atom. The van der Waals surface area contributed by atoms with Crippen LogP contribution in [0.4, 0.5) is 0 Å². The summed E-state index contributed by atoms with van der Waals surface area (Å²) in [6.45, 7) is 2.18. The number of nitrogens with zero attached hydrogens (tertiary/aromatic N) is 1. The molecule has 1 N–H and O–H groups in total. The van der Waals surface area contributed by atoms with Crippen molar-refractivity contribution in [3.8, 4) is 17.2 Å². The van der Waals surface area contributed by atoms with Gasteiger partial charge in [-0.2, -0.15) is 0 Å². The zero-order chi connectivity index (χ0) is 17.8. The second-order valence-corrected chi connectivity index (χ2v) is 7.41. The van der Waals surface area contributed by atoms with Crippen molar-refractivity contribution in [1.29, 1.82) is 0 Å². The van der Waals surface area contributed by atoms with Gasteiger partial charge < -0.3 is 14.6 Å². The molecule has 1 fully saturated rings. The number of rotatable bonds is 2. The summed E-state index contributed by atoms with van der Waals surface area (Å²) < 4.78 is 11.1. The van der Waals surface area contributed by atoms with Gasteiger partial charge in [0.05, 0.1) is 14.2 Å². The van der Waals surface area contributed by atoms with Crippen molar-refractivity contribution in [2.45, 2.75) is 31.8 Å². The van der Waals surface area contributed by atoms with E-state index in [1.54, 1.807) is 20.3 Å². The van der Waals surface area contributed by atoms with Crippen molar-refractivity contribution >= 4 is 45.5 Å². The van der Waals surface area contributed by atoms with Crippen LogP contribution in [-0.4, -0.2) is 36.8 Å². The normalized spacial score (nSPS) is 18.8. The third-order valence-electron chi connectivity index (χ3n) is 6.13. The molecular weight excluding hydrogens is 453 g/mol. The molecular formula is C22H24INO3. The Hall–Kier alpha value is -1.73. The molecule has 0 radical (unpaired) electrons. The summed E-state index contributed by atoms with van der Waals surface area (Å²) >= 11 is 0. The highest BCUT2D eigenvalue weighted by atomic mass is 127. The summed E-state index contributed by atoms with van der Waals surface area (Å²) in [6.07, 6.45) is 3.65. The van der Waals surface area contributed by atoms with Gasteiger partial charge in [-0.05, 0) is 82.7 Å². The van der Waals surface area contributed by atoms with Crippen molar-refractivity contribution in [2.75, 3.05) is 20.8 Å². The minimum atomic E-state index is 0. The Balaban J connectivity index is 0.00000180. The molecule has 0 unspecified atom stereocenters. The highest BCUT2D eigenvalue weighted by molar-refractivity contribution is 14.0. The maximum absolute atomic E-state index is 10.1. The van der Waals surface area contributed by atoms with Gasteiger partial charge in [-0.1, -0.05) is 6.07 Å². The third-order valence-corrected chi connectivity index (χ3v) is 6.13. The quantitative estimate of drug-likeness (QED) is 0.423. The van der Waals surface area contributed by atoms with Crippen molar-refractivity contribution in [2.24, 2.45) is 0 Å². The number of hydrogen-bond acceptors (Lipinski definition) is 4. The second-order valence-electron chi connectivity index (χ2n) is 7.41. The summed E-state index contributed by atoms with van der Waals surface area (Å²) in [5, 5.41) is 14.8. The number of ether oxygens (including phenoxy) is 2. The number of halogens is 1. The average Bonchev–Trinajstić information content (AvgIpc) is 3.13. The molecule has 0 amide bonds. The number of fused-ring (bicyclic) bond motifs is 7. The smallest absolute Gasteiger partial charge is 0.161 e. The van der Waals surface area contributed by atoms with Crippen LogP contribution in [0.5, 0.6) is 17.2 Å². The van der Waals surface area contributed by atoms with Crippen LogP contribution >= 0.6 is 24.0 Å². The van der Waals surface area contributed by atoms with Crippen molar-refractivity contribution in [3.63, 3.8) is 0 Å². The summed E-state index contributed by atoms with van der Waals surface area (Å²) in [6, 6.07) is 10.5. The number of phenols is 1. The van der Waals surface area contributed by atoms with Crippen LogP contribution in [0.15, 0.2) is 30.3 Å². The van der Waals surface area contributed by atoms with Crippen LogP contribution in [0.3, 0.4) is 0 Å². The predicted molar refractivity (Wildman–Crippen MR) is 119 cm³/mol. The summed E-state index contributed by atoms with van der Waals surface area (Å²) in [4.78, 5) is 2.61. The Morgan fingerprint density at radius 2 is 1.63 bits per heavy atom. The largest absolute Gasteiger partial charge is 0.508 e. The molecule has 0 bridgehead atoms. The van der Waals surface area contributed by atoms with E-state index in [2.05, 4.69) is 23.1 Å². The van der Waals surface area contributed by atoms with Gasteiger partial charge in [0.1, 0.15) is 5.75 Å². The van der Waals surface area contributed by atoms with E-state index in [-0.39, 0.29) is 24.0 Å². The molecule has 3 aromatic rings. The van der Waals surface area contributed by atoms with E-state index in [4.69, 9.17) is 9.47 Å². The van der Waals surface area contributed by atoms with Gasteiger partial charge in [-0.15, -0.1) is 24.0 Å². The Kier molecular flexibility index (Phi) is 4.84. The van der Waals surface area contributed by atoms with Crippen LogP contribution in [0.1, 0.15) is 24.0 Å². The van der Waals surface area contributed by atoms with Gasteiger partial charge in [0.25, 0.3) is 0 Å². The minimum absolute atomic E-state index is 0. The van der Waals surface area contributed by atoms with Gasteiger partial charge in [-0.25, -0.2) is 0 Å². The van der Waals surface area contributed by atoms with Gasteiger partial charge in [-0.3, -0.25) is 4.90 Å². The minimum Gasteiger partial charge on any atom is -0.508 e. The lowest BCUT2D eigenvalue weighted by atomic mass is 9.85. The number of benzene rings is 3. The number of methoxy groups -OCH3 is 2. The molecule has 0 aromatic heterocycles. The molecule has 142 valence electrons. The highest BCUT2D eigenvalue weighted by Crippen LogP contribution is 2.44. The average molecular weight is 477 g/mol. The summed E-state index contributed by atoms with van der Waals surface area (Å²) in [5.41, 5.74) is 2.83. The van der Waals surface area contributed by atoms with Crippen LogP contribution in [0.2, 0.25) is 0 Å². The van der Waals surface area contributed by atoms with Gasteiger partial charge in [0, 0.05) is 12.6 Å². The van der Waals surface area contributed by atoms with Crippen molar-refractivity contribution in [1.82, 2.24) is 4.90 Å². The van der Waals surface area contributed by atoms with E-state index in [0.29, 0.717) is 11.8 Å². The molecule has 5 heteroatoms. The fourth-order valence-electron chi connectivity index (χ4n) is 4.88. The molecule has 2 aliphatic heterocycles. The molecule has 2 aliphatic rings. The summed E-state index contributed by atoms with van der Waals surface area (Å²) in [7, 11) is 3.35. The predicted octanol–water partition coefficient (Wildman–Crippen LogP) is 4.85. The maximum Gasteiger partial charge on any atom is 0.161 e. The topological polar surface area (TPSA) is 41.9 Å². The van der Waals surface area contributed by atoms with Crippen LogP contribution in [-0.2, 0) is 13.0 Å². The van der Waals surface area contributed by atoms with E-state index in [0.717, 1.165) is 35.2 Å². The van der Waals surface area contributed by atoms with Gasteiger partial charge >= 0.3 is 0 Å². The van der Waals surface area contributed by atoms with E-state index >= 15 is 0 Å². The highest BCUT2D eigenvalue weighted by Gasteiger charge is 2.32. The molecule has 0 aliphatic carbocycles. The first-order valence-electron chi connectivity index (χ1n) is 9.26. The zero-order valence-electron chi connectivity index (χ0n) is 15.6. The molecule has 2 heterocycles. The van der Waals surface area contributed by atoms with E-state index in [1.807, 2.05) is 6.07 Å². The van der Waals surface area contributed by atoms with E-state index < -0.39 is 0 Å². The second kappa shape index (κ2) is 7.02. The molecule has 1 saturated heterocycles. The van der Waals surface area contributed by atoms with Crippen LogP contribution in [0.25, 0.3) is 21.5 Å². The lowest BCUT2D eigenvalue weighted by molar-refractivity contribution is 0.229. The number of phenolic OH excluding ortho intramolecular Hbond substituents is 1. The SMILES string of the molecule is COc1cc2c3c(c4ccc(O)cc4c2cc1OC)CN1CCC[C@H]1C3.I. The lowest BCUT2D eigenvalue weighted by Gasteiger charge is -2.33. The molecule has 1 atom stereocenters. The molecule has 5 rings (SSSR count). The fourth-order valence-corrected chi connectivity index (χ4v) is 4.88. The molecule has 27 heavy (non-hydrogen) atoms. The van der Waals surface area contributed by atoms with E-state index in [9.17, 15) is 5.11 Å². The molecule has 4 nitrogen and oxygen atoms in total. The number of aromatic hydroxyl groups is 1. The molecule has 3 aromatic carbocycles. The van der Waals surface area contributed by atoms with Crippen molar-refractivity contribution in [3.05, 3.63) is 41.5 Å². The van der Waals surface area contributed by atoms with E-state index in [1.165, 1.54) is 41.3 Å². The fraction of sp³-hybridized carbons (Fsp3) is 0.364. The van der Waals surface area contributed by atoms with Crippen molar-refractivity contribution < 1.29 is 14.6 Å². The standard InChI is InChI=1S/C22H23NO3.HI/c1-25-21-10-18-16-8-13-4-3-7-23(13)12-20(16)15-6-5-14(24)9-17(15)19(18)11-22(21)26-2;/h5-6,9-11,13,24H,3-4,7-8,12H2,1-2H3;1H/t13-;/m0./s1. The zero-order valence-corrected chi connectivity index (χ0v) is 17.9. The maximum atomic E-state index is 10.1.